The van der Waals surface area contributed by atoms with Crippen molar-refractivity contribution in [1.82, 2.24) is 10.3 Å². The van der Waals surface area contributed by atoms with Crippen LogP contribution in [0.25, 0.3) is 0 Å². The molecule has 0 radical (unpaired) electrons. The van der Waals surface area contributed by atoms with Gasteiger partial charge in [0, 0.05) is 12.2 Å². The summed E-state index contributed by atoms with van der Waals surface area (Å²) in [6.45, 7) is 3.91. The van der Waals surface area contributed by atoms with Crippen molar-refractivity contribution in [3.63, 3.8) is 0 Å². The lowest BCUT2D eigenvalue weighted by Crippen LogP contribution is -2.24. The SMILES string of the molecule is CCNC(=O)c1cc(C(=O)O)cc(C)n1. The van der Waals surface area contributed by atoms with Crippen LogP contribution in [0.4, 0.5) is 0 Å². The lowest BCUT2D eigenvalue weighted by molar-refractivity contribution is 0.0696. The fraction of sp³-hybridized carbons (Fsp3) is 0.300. The van der Waals surface area contributed by atoms with Crippen LogP contribution in [-0.4, -0.2) is 28.5 Å². The van der Waals surface area contributed by atoms with Crippen molar-refractivity contribution in [3.8, 4) is 0 Å². The number of carbonyl (C=O) groups is 2. The molecule has 0 aliphatic carbocycles. The maximum absolute atomic E-state index is 11.4. The first-order valence-electron chi connectivity index (χ1n) is 4.54. The molecule has 0 aromatic carbocycles. The average molecular weight is 208 g/mol. The van der Waals surface area contributed by atoms with E-state index in [2.05, 4.69) is 10.3 Å². The van der Waals surface area contributed by atoms with E-state index in [0.29, 0.717) is 12.2 Å². The van der Waals surface area contributed by atoms with Crippen molar-refractivity contribution in [1.29, 1.82) is 0 Å². The molecule has 5 heteroatoms. The molecule has 5 nitrogen and oxygen atoms in total. The van der Waals surface area contributed by atoms with E-state index in [9.17, 15) is 9.59 Å². The zero-order valence-corrected chi connectivity index (χ0v) is 8.57. The zero-order valence-electron chi connectivity index (χ0n) is 8.57. The van der Waals surface area contributed by atoms with Gasteiger partial charge in [0.15, 0.2) is 0 Å². The van der Waals surface area contributed by atoms with E-state index in [1.165, 1.54) is 12.1 Å². The molecule has 1 heterocycles. The molecule has 0 unspecified atom stereocenters. The number of amides is 1. The van der Waals surface area contributed by atoms with Crippen LogP contribution in [0.1, 0.15) is 33.5 Å². The third kappa shape index (κ3) is 2.77. The molecule has 0 atom stereocenters. The van der Waals surface area contributed by atoms with Crippen molar-refractivity contribution >= 4 is 11.9 Å². The highest BCUT2D eigenvalue weighted by atomic mass is 16.4. The van der Waals surface area contributed by atoms with E-state index in [0.717, 1.165) is 0 Å². The molecule has 1 rings (SSSR count). The number of carboxylic acid groups (broad SMARTS) is 1. The van der Waals surface area contributed by atoms with Crippen LogP contribution < -0.4 is 5.32 Å². The molecule has 1 aromatic heterocycles. The number of hydrogen-bond acceptors (Lipinski definition) is 3. The van der Waals surface area contributed by atoms with Crippen LogP contribution in [0.3, 0.4) is 0 Å². The number of hydrogen-bond donors (Lipinski definition) is 2. The summed E-state index contributed by atoms with van der Waals surface area (Å²) < 4.78 is 0. The maximum atomic E-state index is 11.4. The Kier molecular flexibility index (Phi) is 3.38. The summed E-state index contributed by atoms with van der Waals surface area (Å²) in [7, 11) is 0. The highest BCUT2D eigenvalue weighted by molar-refractivity contribution is 5.95. The first-order valence-corrected chi connectivity index (χ1v) is 4.54. The van der Waals surface area contributed by atoms with E-state index in [4.69, 9.17) is 5.11 Å². The highest BCUT2D eigenvalue weighted by Gasteiger charge is 2.11. The first kappa shape index (κ1) is 11.2. The predicted molar refractivity (Wildman–Crippen MR) is 53.9 cm³/mol. The molecule has 0 spiro atoms. The largest absolute Gasteiger partial charge is 0.478 e. The lowest BCUT2D eigenvalue weighted by Gasteiger charge is -2.03. The first-order chi connectivity index (χ1) is 7.04. The minimum absolute atomic E-state index is 0.0729. The van der Waals surface area contributed by atoms with E-state index < -0.39 is 5.97 Å². The summed E-state index contributed by atoms with van der Waals surface area (Å²) in [4.78, 5) is 26.1. The Hall–Kier alpha value is -1.91. The number of carbonyl (C=O) groups excluding carboxylic acids is 1. The third-order valence-corrected chi connectivity index (χ3v) is 1.77. The molecular formula is C10H12N2O3. The molecule has 0 saturated carbocycles. The third-order valence-electron chi connectivity index (χ3n) is 1.77. The van der Waals surface area contributed by atoms with Crippen LogP contribution in [-0.2, 0) is 0 Å². The van der Waals surface area contributed by atoms with Gasteiger partial charge in [-0.3, -0.25) is 4.79 Å². The van der Waals surface area contributed by atoms with Gasteiger partial charge in [0.05, 0.1) is 5.56 Å². The minimum atomic E-state index is -1.06. The number of nitrogens with one attached hydrogen (secondary N) is 1. The van der Waals surface area contributed by atoms with Crippen LogP contribution in [0.15, 0.2) is 12.1 Å². The van der Waals surface area contributed by atoms with Gasteiger partial charge in [-0.15, -0.1) is 0 Å². The van der Waals surface area contributed by atoms with E-state index >= 15 is 0 Å². The number of nitrogens with zero attached hydrogens (tertiary/aromatic N) is 1. The van der Waals surface area contributed by atoms with Gasteiger partial charge in [0.1, 0.15) is 5.69 Å². The van der Waals surface area contributed by atoms with E-state index in [-0.39, 0.29) is 17.2 Å². The van der Waals surface area contributed by atoms with Gasteiger partial charge >= 0.3 is 5.97 Å². The van der Waals surface area contributed by atoms with Crippen LogP contribution in [0.5, 0.6) is 0 Å². The molecule has 1 amide bonds. The second kappa shape index (κ2) is 4.54. The van der Waals surface area contributed by atoms with Crippen molar-refractivity contribution in [2.24, 2.45) is 0 Å². The van der Waals surface area contributed by atoms with Crippen LogP contribution in [0.2, 0.25) is 0 Å². The smallest absolute Gasteiger partial charge is 0.335 e. The van der Waals surface area contributed by atoms with Crippen molar-refractivity contribution in [2.75, 3.05) is 6.54 Å². The lowest BCUT2D eigenvalue weighted by atomic mass is 10.2. The molecule has 0 bridgehead atoms. The molecular weight excluding hydrogens is 196 g/mol. The van der Waals surface area contributed by atoms with E-state index in [1.54, 1.807) is 13.8 Å². The average Bonchev–Trinajstić information content (AvgIpc) is 2.17. The Balaban J connectivity index is 3.09. The molecule has 0 saturated heterocycles. The number of rotatable bonds is 3. The maximum Gasteiger partial charge on any atom is 0.335 e. The number of carboxylic acids is 1. The predicted octanol–water partition coefficient (Wildman–Crippen LogP) is 0.838. The Morgan fingerprint density at radius 3 is 2.67 bits per heavy atom. The standard InChI is InChI=1S/C10H12N2O3/c1-3-11-9(13)8-5-7(10(14)15)4-6(2)12-8/h4-5H,3H2,1-2H3,(H,11,13)(H,14,15). The molecule has 2 N–H and O–H groups in total. The van der Waals surface area contributed by atoms with Crippen LogP contribution >= 0.6 is 0 Å². The topological polar surface area (TPSA) is 79.3 Å². The Morgan fingerprint density at radius 1 is 1.47 bits per heavy atom. The fourth-order valence-electron chi connectivity index (χ4n) is 1.16. The van der Waals surface area contributed by atoms with Gasteiger partial charge in [0.25, 0.3) is 5.91 Å². The molecule has 1 aromatic rings. The van der Waals surface area contributed by atoms with Crippen molar-refractivity contribution in [2.45, 2.75) is 13.8 Å². The van der Waals surface area contributed by atoms with Gasteiger partial charge in [-0.05, 0) is 26.0 Å². The van der Waals surface area contributed by atoms with Gasteiger partial charge in [-0.25, -0.2) is 9.78 Å². The van der Waals surface area contributed by atoms with Crippen LogP contribution in [0, 0.1) is 6.92 Å². The summed E-state index contributed by atoms with van der Waals surface area (Å²) in [5.74, 6) is -1.42. The summed E-state index contributed by atoms with van der Waals surface area (Å²) in [6, 6.07) is 2.69. The molecule has 0 fully saturated rings. The van der Waals surface area contributed by atoms with Crippen molar-refractivity contribution in [3.05, 3.63) is 29.1 Å². The summed E-state index contributed by atoms with van der Waals surface area (Å²) >= 11 is 0. The van der Waals surface area contributed by atoms with Gasteiger partial charge < -0.3 is 10.4 Å². The monoisotopic (exact) mass is 208 g/mol. The van der Waals surface area contributed by atoms with Gasteiger partial charge in [0.2, 0.25) is 0 Å². The Labute approximate surface area is 87.1 Å². The fourth-order valence-corrected chi connectivity index (χ4v) is 1.16. The van der Waals surface area contributed by atoms with Crippen molar-refractivity contribution < 1.29 is 14.7 Å². The second-order valence-corrected chi connectivity index (χ2v) is 3.05. The van der Waals surface area contributed by atoms with Gasteiger partial charge in [-0.1, -0.05) is 0 Å². The Morgan fingerprint density at radius 2 is 2.13 bits per heavy atom. The van der Waals surface area contributed by atoms with E-state index in [1.807, 2.05) is 0 Å². The molecule has 15 heavy (non-hydrogen) atoms. The second-order valence-electron chi connectivity index (χ2n) is 3.05. The summed E-state index contributed by atoms with van der Waals surface area (Å²) in [5, 5.41) is 11.3. The summed E-state index contributed by atoms with van der Waals surface area (Å²) in [5.41, 5.74) is 0.717. The normalized spacial score (nSPS) is 9.73. The zero-order chi connectivity index (χ0) is 11.4. The Bertz CT molecular complexity index is 402. The minimum Gasteiger partial charge on any atom is -0.478 e. The summed E-state index contributed by atoms with van der Waals surface area (Å²) in [6.07, 6.45) is 0. The molecule has 80 valence electrons. The number of aromatic carboxylic acids is 1. The molecule has 0 aliphatic heterocycles. The molecule has 0 aliphatic rings. The number of aryl methyl sites for hydroxylation is 1. The number of pyridine rings is 1. The number of aromatic nitrogens is 1. The van der Waals surface area contributed by atoms with Gasteiger partial charge in [-0.2, -0.15) is 0 Å². The highest BCUT2D eigenvalue weighted by Crippen LogP contribution is 2.05. The quantitative estimate of drug-likeness (QED) is 0.771.